The summed E-state index contributed by atoms with van der Waals surface area (Å²) in [6.45, 7) is 4.70. The Bertz CT molecular complexity index is 579. The van der Waals surface area contributed by atoms with Crippen molar-refractivity contribution in [3.05, 3.63) is 17.5 Å². The largest absolute Gasteiger partial charge is 0.341 e. The Morgan fingerprint density at radius 1 is 1.55 bits per heavy atom. The minimum atomic E-state index is -3.26. The SMILES string of the molecule is CCS(=O)(=O)CC(=O)N1CCC[C@H](c2cc(C)[nH]n2)C1. The van der Waals surface area contributed by atoms with E-state index in [0.29, 0.717) is 13.1 Å². The van der Waals surface area contributed by atoms with Gasteiger partial charge < -0.3 is 4.90 Å². The highest BCUT2D eigenvalue weighted by Gasteiger charge is 2.28. The summed E-state index contributed by atoms with van der Waals surface area (Å²) in [4.78, 5) is 13.7. The van der Waals surface area contributed by atoms with Crippen molar-refractivity contribution in [2.45, 2.75) is 32.6 Å². The molecule has 1 atom stereocenters. The smallest absolute Gasteiger partial charge is 0.237 e. The number of likely N-dealkylation sites (tertiary alicyclic amines) is 1. The van der Waals surface area contributed by atoms with Crippen LogP contribution in [-0.4, -0.2) is 54.0 Å². The molecule has 2 heterocycles. The highest BCUT2D eigenvalue weighted by atomic mass is 32.2. The average molecular weight is 299 g/mol. The third-order valence-corrected chi connectivity index (χ3v) is 5.27. The number of nitrogens with zero attached hydrogens (tertiary/aromatic N) is 2. The third-order valence-electron chi connectivity index (χ3n) is 3.70. The number of H-pyrrole nitrogens is 1. The number of sulfone groups is 1. The first-order valence-electron chi connectivity index (χ1n) is 6.91. The lowest BCUT2D eigenvalue weighted by molar-refractivity contribution is -0.129. The predicted molar refractivity (Wildman–Crippen MR) is 76.2 cm³/mol. The second-order valence-electron chi connectivity index (χ2n) is 5.33. The van der Waals surface area contributed by atoms with E-state index < -0.39 is 9.84 Å². The van der Waals surface area contributed by atoms with Crippen molar-refractivity contribution in [1.29, 1.82) is 0 Å². The zero-order chi connectivity index (χ0) is 14.8. The second kappa shape index (κ2) is 5.95. The zero-order valence-electron chi connectivity index (χ0n) is 11.9. The van der Waals surface area contributed by atoms with E-state index in [0.717, 1.165) is 24.2 Å². The first-order chi connectivity index (χ1) is 9.41. The average Bonchev–Trinajstić information content (AvgIpc) is 2.85. The minimum Gasteiger partial charge on any atom is -0.341 e. The Hall–Kier alpha value is -1.37. The van der Waals surface area contributed by atoms with E-state index in [-0.39, 0.29) is 23.3 Å². The molecule has 0 aliphatic carbocycles. The maximum atomic E-state index is 12.1. The van der Waals surface area contributed by atoms with Crippen LogP contribution in [0.15, 0.2) is 6.07 Å². The molecule has 0 aromatic carbocycles. The lowest BCUT2D eigenvalue weighted by Crippen LogP contribution is -2.42. The molecule has 112 valence electrons. The number of aromatic nitrogens is 2. The summed E-state index contributed by atoms with van der Waals surface area (Å²) < 4.78 is 23.1. The molecule has 1 aromatic rings. The van der Waals surface area contributed by atoms with Crippen molar-refractivity contribution < 1.29 is 13.2 Å². The molecule has 0 saturated carbocycles. The molecule has 7 heteroatoms. The molecule has 1 aliphatic heterocycles. The Balaban J connectivity index is 2.02. The van der Waals surface area contributed by atoms with Gasteiger partial charge in [-0.2, -0.15) is 5.10 Å². The van der Waals surface area contributed by atoms with Crippen LogP contribution in [0.1, 0.15) is 37.1 Å². The highest BCUT2D eigenvalue weighted by molar-refractivity contribution is 7.92. The molecule has 6 nitrogen and oxygen atoms in total. The molecule has 20 heavy (non-hydrogen) atoms. The first-order valence-corrected chi connectivity index (χ1v) is 8.73. The highest BCUT2D eigenvalue weighted by Crippen LogP contribution is 2.26. The molecule has 0 radical (unpaired) electrons. The Labute approximate surface area is 119 Å². The van der Waals surface area contributed by atoms with Crippen LogP contribution in [0.5, 0.6) is 0 Å². The van der Waals surface area contributed by atoms with Crippen molar-refractivity contribution in [3.63, 3.8) is 0 Å². The summed E-state index contributed by atoms with van der Waals surface area (Å²) in [7, 11) is -3.26. The number of nitrogens with one attached hydrogen (secondary N) is 1. The number of carbonyl (C=O) groups is 1. The summed E-state index contributed by atoms with van der Waals surface area (Å²) in [5.41, 5.74) is 1.95. The van der Waals surface area contributed by atoms with Crippen LogP contribution < -0.4 is 0 Å². The van der Waals surface area contributed by atoms with E-state index in [1.54, 1.807) is 11.8 Å². The number of aromatic amines is 1. The molecule has 1 saturated heterocycles. The van der Waals surface area contributed by atoms with Crippen molar-refractivity contribution in [2.75, 3.05) is 24.6 Å². The number of rotatable bonds is 4. The summed E-state index contributed by atoms with van der Waals surface area (Å²) >= 11 is 0. The Kier molecular flexibility index (Phi) is 4.47. The van der Waals surface area contributed by atoms with Gasteiger partial charge in [-0.15, -0.1) is 0 Å². The van der Waals surface area contributed by atoms with Gasteiger partial charge in [0.1, 0.15) is 5.75 Å². The van der Waals surface area contributed by atoms with Crippen LogP contribution in [-0.2, 0) is 14.6 Å². The van der Waals surface area contributed by atoms with E-state index in [1.807, 2.05) is 13.0 Å². The van der Waals surface area contributed by atoms with Gasteiger partial charge in [0.15, 0.2) is 9.84 Å². The van der Waals surface area contributed by atoms with Gasteiger partial charge >= 0.3 is 0 Å². The normalized spacial score (nSPS) is 20.1. The standard InChI is InChI=1S/C13H21N3O3S/c1-3-20(18,19)9-13(17)16-6-4-5-11(8-16)12-7-10(2)14-15-12/h7,11H,3-6,8-9H2,1-2H3,(H,14,15)/t11-/m0/s1. The van der Waals surface area contributed by atoms with Gasteiger partial charge in [0.05, 0.1) is 5.69 Å². The fraction of sp³-hybridized carbons (Fsp3) is 0.692. The third kappa shape index (κ3) is 3.59. The van der Waals surface area contributed by atoms with Gasteiger partial charge in [-0.05, 0) is 25.8 Å². The van der Waals surface area contributed by atoms with Crippen molar-refractivity contribution in [2.24, 2.45) is 0 Å². The minimum absolute atomic E-state index is 0.00850. The van der Waals surface area contributed by atoms with Gasteiger partial charge in [0.25, 0.3) is 0 Å². The maximum absolute atomic E-state index is 12.1. The van der Waals surface area contributed by atoms with Crippen molar-refractivity contribution >= 4 is 15.7 Å². The van der Waals surface area contributed by atoms with Crippen molar-refractivity contribution in [3.8, 4) is 0 Å². The van der Waals surface area contributed by atoms with Crippen LogP contribution >= 0.6 is 0 Å². The molecular formula is C13H21N3O3S. The fourth-order valence-electron chi connectivity index (χ4n) is 2.47. The Morgan fingerprint density at radius 3 is 2.90 bits per heavy atom. The molecule has 2 rings (SSSR count). The van der Waals surface area contributed by atoms with Gasteiger partial charge in [0.2, 0.25) is 5.91 Å². The molecule has 1 aliphatic rings. The van der Waals surface area contributed by atoms with Crippen LogP contribution in [0, 0.1) is 6.92 Å². The van der Waals surface area contributed by atoms with Crippen LogP contribution in [0.3, 0.4) is 0 Å². The molecule has 1 N–H and O–H groups in total. The predicted octanol–water partition coefficient (Wildman–Crippen LogP) is 0.859. The fourth-order valence-corrected chi connectivity index (χ4v) is 3.24. The summed E-state index contributed by atoms with van der Waals surface area (Å²) in [6, 6.07) is 1.99. The van der Waals surface area contributed by atoms with Crippen molar-refractivity contribution in [1.82, 2.24) is 15.1 Å². The number of piperidine rings is 1. The summed E-state index contributed by atoms with van der Waals surface area (Å²) in [5, 5.41) is 7.15. The lowest BCUT2D eigenvalue weighted by atomic mass is 9.94. The molecule has 0 spiro atoms. The monoisotopic (exact) mass is 299 g/mol. The molecule has 0 bridgehead atoms. The van der Waals surface area contributed by atoms with E-state index in [2.05, 4.69) is 10.2 Å². The van der Waals surface area contributed by atoms with Gasteiger partial charge in [-0.25, -0.2) is 8.42 Å². The number of aryl methyl sites for hydroxylation is 1. The van der Waals surface area contributed by atoms with E-state index in [9.17, 15) is 13.2 Å². The lowest BCUT2D eigenvalue weighted by Gasteiger charge is -2.32. The van der Waals surface area contributed by atoms with E-state index >= 15 is 0 Å². The second-order valence-corrected chi connectivity index (χ2v) is 7.68. The number of amides is 1. The molecule has 1 aromatic heterocycles. The molecule has 1 amide bonds. The molecule has 1 fully saturated rings. The number of hydrogen-bond donors (Lipinski definition) is 1. The van der Waals surface area contributed by atoms with E-state index in [1.165, 1.54) is 0 Å². The zero-order valence-corrected chi connectivity index (χ0v) is 12.7. The topological polar surface area (TPSA) is 83.1 Å². The van der Waals surface area contributed by atoms with Crippen LogP contribution in [0.4, 0.5) is 0 Å². The Morgan fingerprint density at radius 2 is 2.30 bits per heavy atom. The van der Waals surface area contributed by atoms with Gasteiger partial charge in [0, 0.05) is 30.5 Å². The quantitative estimate of drug-likeness (QED) is 0.894. The summed E-state index contributed by atoms with van der Waals surface area (Å²) in [6.07, 6.45) is 1.86. The number of hydrogen-bond acceptors (Lipinski definition) is 4. The van der Waals surface area contributed by atoms with Crippen LogP contribution in [0.2, 0.25) is 0 Å². The maximum Gasteiger partial charge on any atom is 0.237 e. The molecule has 0 unspecified atom stereocenters. The van der Waals surface area contributed by atoms with Gasteiger partial charge in [-0.1, -0.05) is 6.92 Å². The van der Waals surface area contributed by atoms with Crippen LogP contribution in [0.25, 0.3) is 0 Å². The number of carbonyl (C=O) groups excluding carboxylic acids is 1. The summed E-state index contributed by atoms with van der Waals surface area (Å²) in [5.74, 6) is -0.463. The van der Waals surface area contributed by atoms with Gasteiger partial charge in [-0.3, -0.25) is 9.89 Å². The molecular weight excluding hydrogens is 278 g/mol. The first kappa shape index (κ1) is 15.0. The van der Waals surface area contributed by atoms with E-state index in [4.69, 9.17) is 0 Å².